The van der Waals surface area contributed by atoms with Crippen LogP contribution in [0, 0.1) is 5.92 Å². The van der Waals surface area contributed by atoms with E-state index in [-0.39, 0.29) is 24.2 Å². The first-order chi connectivity index (χ1) is 12.0. The fraction of sp³-hybridized carbons (Fsp3) is 0.412. The highest BCUT2D eigenvalue weighted by atomic mass is 32.1. The molecule has 1 aliphatic rings. The number of hydrogen-bond acceptors (Lipinski definition) is 6. The van der Waals surface area contributed by atoms with Crippen LogP contribution in [0.15, 0.2) is 24.3 Å². The van der Waals surface area contributed by atoms with Gasteiger partial charge in [0.2, 0.25) is 16.9 Å². The van der Waals surface area contributed by atoms with Crippen molar-refractivity contribution in [2.45, 2.75) is 26.2 Å². The van der Waals surface area contributed by atoms with E-state index in [1.165, 1.54) is 11.3 Å². The average molecular weight is 360 g/mol. The summed E-state index contributed by atoms with van der Waals surface area (Å²) in [6, 6.07) is 7.22. The minimum absolute atomic E-state index is 0.0644. The van der Waals surface area contributed by atoms with Gasteiger partial charge in [-0.25, -0.2) is 0 Å². The first-order valence-electron chi connectivity index (χ1n) is 8.06. The standard InChI is InChI=1S/C17H20N4O3S/c1-10(2)16-19-20-17(25-16)18-15(23)11-8-14(22)21(9-11)12-4-6-13(24-3)7-5-12/h4-7,10-11H,8-9H2,1-3H3,(H,18,20,23)/t11-/m1/s1. The molecule has 132 valence electrons. The molecule has 0 spiro atoms. The molecule has 1 aromatic carbocycles. The third kappa shape index (κ3) is 3.79. The molecule has 2 amide bonds. The number of nitrogens with one attached hydrogen (secondary N) is 1. The van der Waals surface area contributed by atoms with E-state index in [4.69, 9.17) is 4.74 Å². The monoisotopic (exact) mass is 360 g/mol. The lowest BCUT2D eigenvalue weighted by Crippen LogP contribution is -2.28. The smallest absolute Gasteiger partial charge is 0.231 e. The van der Waals surface area contributed by atoms with Gasteiger partial charge >= 0.3 is 0 Å². The Kier molecular flexibility index (Phi) is 4.98. The fourth-order valence-electron chi connectivity index (χ4n) is 2.62. The molecule has 0 unspecified atom stereocenters. The molecule has 2 aromatic rings. The summed E-state index contributed by atoms with van der Waals surface area (Å²) in [7, 11) is 1.59. The van der Waals surface area contributed by atoms with Crippen LogP contribution in [0.5, 0.6) is 5.75 Å². The Hall–Kier alpha value is -2.48. The number of anilines is 2. The van der Waals surface area contributed by atoms with Crippen LogP contribution in [-0.2, 0) is 9.59 Å². The van der Waals surface area contributed by atoms with E-state index in [2.05, 4.69) is 15.5 Å². The highest BCUT2D eigenvalue weighted by Gasteiger charge is 2.35. The van der Waals surface area contributed by atoms with Crippen LogP contribution < -0.4 is 15.0 Å². The number of methoxy groups -OCH3 is 1. The number of carbonyl (C=O) groups is 2. The van der Waals surface area contributed by atoms with Crippen LogP contribution in [-0.4, -0.2) is 35.7 Å². The van der Waals surface area contributed by atoms with Gasteiger partial charge in [-0.2, -0.15) is 0 Å². The molecule has 25 heavy (non-hydrogen) atoms. The van der Waals surface area contributed by atoms with Crippen LogP contribution in [0.1, 0.15) is 31.2 Å². The van der Waals surface area contributed by atoms with Gasteiger partial charge in [0.1, 0.15) is 10.8 Å². The molecule has 8 heteroatoms. The van der Waals surface area contributed by atoms with Crippen LogP contribution in [0.25, 0.3) is 0 Å². The largest absolute Gasteiger partial charge is 0.497 e. The van der Waals surface area contributed by atoms with E-state index in [9.17, 15) is 9.59 Å². The van der Waals surface area contributed by atoms with Gasteiger partial charge in [0.05, 0.1) is 13.0 Å². The number of aromatic nitrogens is 2. The van der Waals surface area contributed by atoms with E-state index in [0.717, 1.165) is 16.4 Å². The van der Waals surface area contributed by atoms with E-state index >= 15 is 0 Å². The molecule has 0 radical (unpaired) electrons. The maximum atomic E-state index is 12.4. The number of benzene rings is 1. The molecule has 0 bridgehead atoms. The summed E-state index contributed by atoms with van der Waals surface area (Å²) in [5.41, 5.74) is 0.763. The molecule has 3 rings (SSSR count). The Bertz CT molecular complexity index is 772. The molecule has 2 heterocycles. The molecule has 0 saturated carbocycles. The molecular weight excluding hydrogens is 340 g/mol. The van der Waals surface area contributed by atoms with Gasteiger partial charge in [-0.1, -0.05) is 25.2 Å². The minimum Gasteiger partial charge on any atom is -0.497 e. The van der Waals surface area contributed by atoms with Crippen LogP contribution >= 0.6 is 11.3 Å². The van der Waals surface area contributed by atoms with Gasteiger partial charge in [-0.3, -0.25) is 9.59 Å². The number of carbonyl (C=O) groups excluding carboxylic acids is 2. The highest BCUT2D eigenvalue weighted by molar-refractivity contribution is 7.15. The van der Waals surface area contributed by atoms with Gasteiger partial charge in [0.25, 0.3) is 0 Å². The van der Waals surface area contributed by atoms with Crippen LogP contribution in [0.2, 0.25) is 0 Å². The molecule has 1 fully saturated rings. The zero-order chi connectivity index (χ0) is 18.0. The quantitative estimate of drug-likeness (QED) is 0.886. The fourth-order valence-corrected chi connectivity index (χ4v) is 3.37. The first kappa shape index (κ1) is 17.3. The number of amides is 2. The topological polar surface area (TPSA) is 84.4 Å². The van der Waals surface area contributed by atoms with Crippen molar-refractivity contribution in [2.24, 2.45) is 5.92 Å². The van der Waals surface area contributed by atoms with Crippen molar-refractivity contribution in [3.8, 4) is 5.75 Å². The normalized spacial score (nSPS) is 17.2. The summed E-state index contributed by atoms with van der Waals surface area (Å²) in [6.07, 6.45) is 0.188. The summed E-state index contributed by atoms with van der Waals surface area (Å²) in [6.45, 7) is 4.40. The second-order valence-corrected chi connectivity index (χ2v) is 7.20. The molecule has 7 nitrogen and oxygen atoms in total. The predicted octanol–water partition coefficient (Wildman–Crippen LogP) is 2.66. The van der Waals surface area contributed by atoms with E-state index < -0.39 is 5.92 Å². The van der Waals surface area contributed by atoms with Crippen molar-refractivity contribution in [1.82, 2.24) is 10.2 Å². The Labute approximate surface area is 150 Å². The second-order valence-electron chi connectivity index (χ2n) is 6.19. The van der Waals surface area contributed by atoms with Gasteiger partial charge in [0, 0.05) is 24.6 Å². The first-order valence-corrected chi connectivity index (χ1v) is 8.88. The van der Waals surface area contributed by atoms with E-state index in [1.807, 2.05) is 26.0 Å². The number of rotatable bonds is 5. The SMILES string of the molecule is COc1ccc(N2C[C@H](C(=O)Nc3nnc(C(C)C)s3)CC2=O)cc1. The number of hydrogen-bond donors (Lipinski definition) is 1. The third-order valence-corrected chi connectivity index (χ3v) is 5.18. The maximum Gasteiger partial charge on any atom is 0.231 e. The summed E-state index contributed by atoms with van der Waals surface area (Å²) in [5, 5.41) is 12.2. The number of nitrogens with zero attached hydrogens (tertiary/aromatic N) is 3. The molecular formula is C17H20N4O3S. The summed E-state index contributed by atoms with van der Waals surface area (Å²) in [4.78, 5) is 26.4. The molecule has 1 saturated heterocycles. The molecule has 1 atom stereocenters. The average Bonchev–Trinajstić information content (AvgIpc) is 3.22. The Morgan fingerprint density at radius 1 is 1.32 bits per heavy atom. The van der Waals surface area contributed by atoms with Crippen molar-refractivity contribution < 1.29 is 14.3 Å². The van der Waals surface area contributed by atoms with Crippen molar-refractivity contribution >= 4 is 34.0 Å². The van der Waals surface area contributed by atoms with Gasteiger partial charge in [0.15, 0.2) is 0 Å². The lowest BCUT2D eigenvalue weighted by Gasteiger charge is -2.16. The Morgan fingerprint density at radius 3 is 2.64 bits per heavy atom. The van der Waals surface area contributed by atoms with Crippen molar-refractivity contribution in [2.75, 3.05) is 23.9 Å². The lowest BCUT2D eigenvalue weighted by atomic mass is 10.1. The second kappa shape index (κ2) is 7.18. The van der Waals surface area contributed by atoms with Gasteiger partial charge < -0.3 is 15.0 Å². The molecule has 1 aliphatic heterocycles. The highest BCUT2D eigenvalue weighted by Crippen LogP contribution is 2.28. The summed E-state index contributed by atoms with van der Waals surface area (Å²) in [5.74, 6) is 0.325. The minimum atomic E-state index is -0.402. The zero-order valence-electron chi connectivity index (χ0n) is 14.4. The summed E-state index contributed by atoms with van der Waals surface area (Å²) < 4.78 is 5.12. The van der Waals surface area contributed by atoms with Crippen molar-refractivity contribution in [1.29, 1.82) is 0 Å². The third-order valence-electron chi connectivity index (χ3n) is 4.04. The van der Waals surface area contributed by atoms with Crippen molar-refractivity contribution in [3.05, 3.63) is 29.3 Å². The van der Waals surface area contributed by atoms with Crippen molar-refractivity contribution in [3.63, 3.8) is 0 Å². The van der Waals surface area contributed by atoms with Crippen LogP contribution in [0.4, 0.5) is 10.8 Å². The number of ether oxygens (including phenoxy) is 1. The Balaban J connectivity index is 1.65. The van der Waals surface area contributed by atoms with Crippen LogP contribution in [0.3, 0.4) is 0 Å². The van der Waals surface area contributed by atoms with E-state index in [0.29, 0.717) is 11.7 Å². The molecule has 1 aromatic heterocycles. The summed E-state index contributed by atoms with van der Waals surface area (Å²) >= 11 is 1.36. The molecule has 0 aliphatic carbocycles. The zero-order valence-corrected chi connectivity index (χ0v) is 15.2. The Morgan fingerprint density at radius 2 is 2.04 bits per heavy atom. The van der Waals surface area contributed by atoms with Gasteiger partial charge in [-0.05, 0) is 24.3 Å². The molecule has 1 N–H and O–H groups in total. The lowest BCUT2D eigenvalue weighted by molar-refractivity contribution is -0.122. The van der Waals surface area contributed by atoms with E-state index in [1.54, 1.807) is 24.1 Å². The maximum absolute atomic E-state index is 12.4. The van der Waals surface area contributed by atoms with Gasteiger partial charge in [-0.15, -0.1) is 10.2 Å². The predicted molar refractivity (Wildman–Crippen MR) is 96.1 cm³/mol.